The maximum Gasteiger partial charge on any atom is 0.326 e. The van der Waals surface area contributed by atoms with Crippen molar-refractivity contribution in [2.45, 2.75) is 114 Å². The Balaban J connectivity index is 2.45. The predicted octanol–water partition coefficient (Wildman–Crippen LogP) is -0.409. The van der Waals surface area contributed by atoms with E-state index in [0.29, 0.717) is 49.9 Å². The summed E-state index contributed by atoms with van der Waals surface area (Å²) in [6.07, 6.45) is 5.94. The monoisotopic (exact) mass is 725 g/mol. The fraction of sp³-hybridized carbons (Fsp3) is 0.583. The molecule has 0 saturated heterocycles. The largest absolute Gasteiger partial charge is 0.480 e. The van der Waals surface area contributed by atoms with Gasteiger partial charge in [-0.15, -0.1) is 0 Å². The van der Waals surface area contributed by atoms with Crippen molar-refractivity contribution in [2.75, 3.05) is 13.1 Å². The average Bonchev–Trinajstić information content (AvgIpc) is 3.10. The lowest BCUT2D eigenvalue weighted by Gasteiger charge is -2.27. The molecular formula is C36H55N9O7. The third-order valence-corrected chi connectivity index (χ3v) is 8.54. The van der Waals surface area contributed by atoms with Crippen LogP contribution in [0.1, 0.15) is 82.8 Å². The van der Waals surface area contributed by atoms with E-state index >= 15 is 0 Å². The van der Waals surface area contributed by atoms with Crippen LogP contribution >= 0.6 is 0 Å². The molecule has 1 heterocycles. The van der Waals surface area contributed by atoms with Crippen molar-refractivity contribution >= 4 is 35.5 Å². The van der Waals surface area contributed by atoms with Gasteiger partial charge in [0.15, 0.2) is 0 Å². The van der Waals surface area contributed by atoms with E-state index in [0.717, 1.165) is 0 Å². The molecule has 6 atom stereocenters. The lowest BCUT2D eigenvalue weighted by molar-refractivity contribution is -0.142. The Kier molecular flexibility index (Phi) is 19.0. The number of nitrogens with two attached hydrogens (primary N) is 3. The fourth-order valence-electron chi connectivity index (χ4n) is 5.56. The minimum atomic E-state index is -1.27. The van der Waals surface area contributed by atoms with Gasteiger partial charge in [-0.2, -0.15) is 5.26 Å². The van der Waals surface area contributed by atoms with E-state index < -0.39 is 71.8 Å². The summed E-state index contributed by atoms with van der Waals surface area (Å²) in [5, 5.41) is 32.3. The molecule has 2 rings (SSSR count). The van der Waals surface area contributed by atoms with Crippen LogP contribution < -0.4 is 43.8 Å². The summed E-state index contributed by atoms with van der Waals surface area (Å²) in [5.41, 5.74) is 18.4. The van der Waals surface area contributed by atoms with Crippen LogP contribution in [0.15, 0.2) is 36.4 Å². The molecule has 1 aromatic carbocycles. The van der Waals surface area contributed by atoms with E-state index in [2.05, 4.69) is 26.6 Å². The second-order valence-corrected chi connectivity index (χ2v) is 13.4. The van der Waals surface area contributed by atoms with Crippen LogP contribution in [0.4, 0.5) is 0 Å². The van der Waals surface area contributed by atoms with Gasteiger partial charge in [0.2, 0.25) is 29.5 Å². The number of nitriles is 1. The lowest BCUT2D eigenvalue weighted by Crippen LogP contribution is -2.59. The Labute approximate surface area is 305 Å². The van der Waals surface area contributed by atoms with Crippen LogP contribution in [0.2, 0.25) is 0 Å². The highest BCUT2D eigenvalue weighted by Gasteiger charge is 2.33. The maximum atomic E-state index is 13.9. The molecule has 0 radical (unpaired) electrons. The number of aliphatic carboxylic acids is 1. The molecule has 0 spiro atoms. The van der Waals surface area contributed by atoms with Gasteiger partial charge in [0, 0.05) is 6.42 Å². The molecule has 286 valence electrons. The third kappa shape index (κ3) is 15.2. The summed E-state index contributed by atoms with van der Waals surface area (Å²) in [6, 6.07) is 1.57. The van der Waals surface area contributed by atoms with Crippen molar-refractivity contribution in [3.8, 4) is 6.07 Å². The number of rotatable bonds is 17. The number of nitrogens with zero attached hydrogens (tertiary/aromatic N) is 1. The van der Waals surface area contributed by atoms with Crippen molar-refractivity contribution in [1.82, 2.24) is 26.6 Å². The molecule has 0 unspecified atom stereocenters. The summed E-state index contributed by atoms with van der Waals surface area (Å²) in [4.78, 5) is 79.7. The summed E-state index contributed by atoms with van der Waals surface area (Å²) < 4.78 is 0. The smallest absolute Gasteiger partial charge is 0.326 e. The first kappa shape index (κ1) is 43.3. The van der Waals surface area contributed by atoms with Gasteiger partial charge in [0.1, 0.15) is 30.2 Å². The standard InChI is InChI=1S/C36H55N9O7/c1-22(2)19-30(36(51)52)45-35(50)29(20-23-13-15-24(21-39)16-14-23)44-34(49)27-10-4-3-9-25(40)31(46)41-26(11-5-7-17-37)32(47)43-28(33(48)42-27)12-6-8-18-38/h3-4,13-16,22,25-30H,5-12,17-20,37-38,40H2,1-2H3,(H,41,46)(H,42,48)(H,43,47)(H,44,49)(H,45,50)(H,51,52)/b4-3+/t25-,26-,27-,28-,29-,30-/m0/s1. The average molecular weight is 726 g/mol. The predicted molar refractivity (Wildman–Crippen MR) is 194 cm³/mol. The van der Waals surface area contributed by atoms with E-state index in [1.165, 1.54) is 0 Å². The zero-order valence-corrected chi connectivity index (χ0v) is 30.1. The number of hydrogen-bond acceptors (Lipinski definition) is 10. The van der Waals surface area contributed by atoms with Crippen LogP contribution in [0.5, 0.6) is 0 Å². The molecule has 0 fully saturated rings. The Morgan fingerprint density at radius 1 is 0.846 bits per heavy atom. The quantitative estimate of drug-likeness (QED) is 0.0735. The molecule has 52 heavy (non-hydrogen) atoms. The van der Waals surface area contributed by atoms with E-state index in [9.17, 15) is 39.1 Å². The van der Waals surface area contributed by atoms with E-state index in [-0.39, 0.29) is 44.4 Å². The number of carboxylic acids is 1. The zero-order valence-electron chi connectivity index (χ0n) is 30.1. The minimum absolute atomic E-state index is 0.0545. The summed E-state index contributed by atoms with van der Waals surface area (Å²) in [6.45, 7) is 4.38. The van der Waals surface area contributed by atoms with Gasteiger partial charge in [0.05, 0.1) is 17.7 Å². The second kappa shape index (κ2) is 22.9. The first-order chi connectivity index (χ1) is 24.8. The number of carboxylic acid groups (broad SMARTS) is 1. The first-order valence-electron chi connectivity index (χ1n) is 17.8. The Bertz CT molecular complexity index is 1430. The second-order valence-electron chi connectivity index (χ2n) is 13.4. The molecule has 5 amide bonds. The van der Waals surface area contributed by atoms with Crippen LogP contribution in [0.25, 0.3) is 0 Å². The molecule has 0 aliphatic carbocycles. The molecule has 0 saturated carbocycles. The van der Waals surface area contributed by atoms with Crippen LogP contribution in [-0.4, -0.2) is 90.0 Å². The highest BCUT2D eigenvalue weighted by Crippen LogP contribution is 2.12. The maximum absolute atomic E-state index is 13.9. The zero-order chi connectivity index (χ0) is 38.6. The molecule has 1 aromatic rings. The van der Waals surface area contributed by atoms with Crippen molar-refractivity contribution in [3.63, 3.8) is 0 Å². The van der Waals surface area contributed by atoms with E-state index in [4.69, 9.17) is 17.2 Å². The Hall–Kier alpha value is -4.85. The van der Waals surface area contributed by atoms with Gasteiger partial charge in [-0.3, -0.25) is 24.0 Å². The Morgan fingerprint density at radius 3 is 1.94 bits per heavy atom. The minimum Gasteiger partial charge on any atom is -0.480 e. The van der Waals surface area contributed by atoms with Gasteiger partial charge in [-0.1, -0.05) is 38.1 Å². The van der Waals surface area contributed by atoms with Crippen molar-refractivity contribution in [3.05, 3.63) is 47.5 Å². The van der Waals surface area contributed by atoms with Crippen molar-refractivity contribution < 1.29 is 33.9 Å². The first-order valence-corrected chi connectivity index (χ1v) is 17.8. The van der Waals surface area contributed by atoms with Crippen LogP contribution in [0, 0.1) is 17.2 Å². The van der Waals surface area contributed by atoms with Crippen LogP contribution in [-0.2, 0) is 35.2 Å². The number of benzene rings is 1. The van der Waals surface area contributed by atoms with E-state index in [1.54, 1.807) is 36.4 Å². The lowest BCUT2D eigenvalue weighted by atomic mass is 10.0. The van der Waals surface area contributed by atoms with Crippen LogP contribution in [0.3, 0.4) is 0 Å². The van der Waals surface area contributed by atoms with Gasteiger partial charge < -0.3 is 48.9 Å². The number of unbranched alkanes of at least 4 members (excludes halogenated alkanes) is 2. The summed E-state index contributed by atoms with van der Waals surface area (Å²) in [7, 11) is 0. The molecule has 1 aliphatic heterocycles. The van der Waals surface area contributed by atoms with Gasteiger partial charge in [-0.25, -0.2) is 4.79 Å². The topological polar surface area (TPSA) is 285 Å². The van der Waals surface area contributed by atoms with Crippen molar-refractivity contribution in [1.29, 1.82) is 5.26 Å². The highest BCUT2D eigenvalue weighted by molar-refractivity contribution is 5.96. The van der Waals surface area contributed by atoms with Gasteiger partial charge >= 0.3 is 5.97 Å². The molecule has 16 nitrogen and oxygen atoms in total. The normalized spacial score (nSPS) is 21.7. The molecule has 0 bridgehead atoms. The van der Waals surface area contributed by atoms with Gasteiger partial charge in [0.25, 0.3) is 0 Å². The fourth-order valence-corrected chi connectivity index (χ4v) is 5.56. The highest BCUT2D eigenvalue weighted by atomic mass is 16.4. The van der Waals surface area contributed by atoms with E-state index in [1.807, 2.05) is 19.9 Å². The summed E-state index contributed by atoms with van der Waals surface area (Å²) >= 11 is 0. The molecule has 1 aliphatic rings. The van der Waals surface area contributed by atoms with Crippen molar-refractivity contribution in [2.24, 2.45) is 23.1 Å². The van der Waals surface area contributed by atoms with Gasteiger partial charge in [-0.05, 0) is 94.5 Å². The molecule has 16 heteroatoms. The molecule has 0 aromatic heterocycles. The number of carbonyl (C=O) groups excluding carboxylic acids is 5. The third-order valence-electron chi connectivity index (χ3n) is 8.54. The number of carbonyl (C=O) groups is 6. The SMILES string of the molecule is CC(C)C[C@H](NC(=O)[C@H](Cc1ccc(C#N)cc1)NC(=O)[C@@H]1C/C=C/C[C@H](N)C(=O)N[C@@H](CCCCN)C(=O)N[C@@H](CCCCN)C(=O)N1)C(=O)O. The number of nitrogens with one attached hydrogen (secondary N) is 5. The number of amides is 5. The number of hydrogen-bond donors (Lipinski definition) is 9. The molecular weight excluding hydrogens is 670 g/mol. The molecule has 12 N–H and O–H groups in total. The Morgan fingerprint density at radius 2 is 1.40 bits per heavy atom. The summed E-state index contributed by atoms with van der Waals surface area (Å²) in [5.74, 6) is -4.59.